The topological polar surface area (TPSA) is 41.5 Å². The number of benzene rings is 1. The lowest BCUT2D eigenvalue weighted by atomic mass is 10.1. The molecule has 3 nitrogen and oxygen atoms in total. The zero-order valence-corrected chi connectivity index (χ0v) is 11.5. The molecule has 0 radical (unpaired) electrons. The van der Waals surface area contributed by atoms with Crippen molar-refractivity contribution in [3.63, 3.8) is 0 Å². The minimum atomic E-state index is -0.405. The Morgan fingerprint density at radius 2 is 2.39 bits per heavy atom. The Morgan fingerprint density at radius 1 is 1.56 bits per heavy atom. The van der Waals surface area contributed by atoms with Crippen LogP contribution in [0.25, 0.3) is 0 Å². The van der Waals surface area contributed by atoms with E-state index in [-0.39, 0.29) is 14.9 Å². The van der Waals surface area contributed by atoms with E-state index in [1.807, 2.05) is 13.0 Å². The van der Waals surface area contributed by atoms with E-state index < -0.39 is 6.04 Å². The average molecular weight is 262 g/mol. The van der Waals surface area contributed by atoms with Gasteiger partial charge >= 0.3 is 0 Å². The maximum Gasteiger partial charge on any atom is 0.249 e. The number of amides is 1. The highest BCUT2D eigenvalue weighted by Gasteiger charge is 2.17. The van der Waals surface area contributed by atoms with Gasteiger partial charge in [0.25, 0.3) is 0 Å². The molecule has 0 saturated carbocycles. The fourth-order valence-electron chi connectivity index (χ4n) is 2.39. The van der Waals surface area contributed by atoms with Crippen molar-refractivity contribution in [1.29, 1.82) is 1.28 Å². The van der Waals surface area contributed by atoms with Crippen LogP contribution in [0.15, 0.2) is 22.9 Å². The first-order chi connectivity index (χ1) is 9.24. The van der Waals surface area contributed by atoms with E-state index in [1.165, 1.54) is 17.5 Å². The van der Waals surface area contributed by atoms with Gasteiger partial charge in [0, 0.05) is 5.69 Å². The van der Waals surface area contributed by atoms with E-state index in [9.17, 15) is 4.79 Å². The summed E-state index contributed by atoms with van der Waals surface area (Å²) in [7, 11) is 0.172. The summed E-state index contributed by atoms with van der Waals surface area (Å²) >= 11 is 0. The Hall–Kier alpha value is -1.21. The third-order valence-corrected chi connectivity index (χ3v) is 3.65. The molecule has 0 spiro atoms. The zero-order valence-electron chi connectivity index (χ0n) is 11.6. The Kier molecular flexibility index (Phi) is 4.02. The minimum Gasteiger partial charge on any atom is -0.324 e. The van der Waals surface area contributed by atoms with Gasteiger partial charge in [-0.05, 0) is 57.9 Å². The molecule has 1 aliphatic rings. The lowest BCUT2D eigenvalue weighted by Crippen LogP contribution is -2.25. The lowest BCUT2D eigenvalue weighted by molar-refractivity contribution is -0.117. The summed E-state index contributed by atoms with van der Waals surface area (Å²) in [5, 5.41) is 2.92. The minimum absolute atomic E-state index is 0.0976. The third kappa shape index (κ3) is 2.97. The fourth-order valence-corrected chi connectivity index (χ4v) is 2.61. The van der Waals surface area contributed by atoms with Crippen molar-refractivity contribution < 1.29 is 4.79 Å². The smallest absolute Gasteiger partial charge is 0.249 e. The highest BCUT2D eigenvalue weighted by molar-refractivity contribution is 7.04. The van der Waals surface area contributed by atoms with Gasteiger partial charge in [0.05, 0.1) is 0 Å². The highest BCUT2D eigenvalue weighted by Crippen LogP contribution is 2.25. The van der Waals surface area contributed by atoms with E-state index in [0.717, 1.165) is 24.9 Å². The first-order valence-electron chi connectivity index (χ1n) is 6.96. The molecule has 1 atom stereocenters. The van der Waals surface area contributed by atoms with Crippen LogP contribution in [0.5, 0.6) is 0 Å². The van der Waals surface area contributed by atoms with E-state index in [4.69, 9.17) is 1.28 Å². The molecule has 96 valence electrons. The van der Waals surface area contributed by atoms with Gasteiger partial charge in [-0.1, -0.05) is 19.4 Å². The molecule has 0 saturated heterocycles. The Bertz CT molecular complexity index is 490. The van der Waals surface area contributed by atoms with E-state index in [2.05, 4.69) is 22.2 Å². The molecule has 1 aliphatic carbocycles. The Balaban J connectivity index is 2.05. The monoisotopic (exact) mass is 262 g/mol. The summed E-state index contributed by atoms with van der Waals surface area (Å²) in [6, 6.07) is 5.73. The van der Waals surface area contributed by atoms with Crippen LogP contribution in [0.1, 0.15) is 37.3 Å². The zero-order chi connectivity index (χ0) is 13.7. The average Bonchev–Trinajstić information content (AvgIpc) is 2.86. The van der Waals surface area contributed by atoms with Crippen molar-refractivity contribution in [2.45, 2.75) is 45.1 Å². The molecule has 4 heteroatoms. The van der Waals surface area contributed by atoms with Crippen molar-refractivity contribution in [3.8, 4) is 0 Å². The highest BCUT2D eigenvalue weighted by atomic mass is 31.0. The first kappa shape index (κ1) is 11.9. The number of fused-ring (bicyclic) bond motifs is 1. The number of hydrogen-bond acceptors (Lipinski definition) is 2. The van der Waals surface area contributed by atoms with Crippen molar-refractivity contribution in [1.82, 2.24) is 0 Å². The van der Waals surface area contributed by atoms with Gasteiger partial charge in [-0.2, -0.15) is 0 Å². The van der Waals surface area contributed by atoms with E-state index in [0.29, 0.717) is 6.42 Å². The maximum atomic E-state index is 12.1. The number of anilines is 1. The summed E-state index contributed by atoms with van der Waals surface area (Å²) in [5.74, 6) is -0.0976. The van der Waals surface area contributed by atoms with Crippen LogP contribution in [-0.2, 0) is 17.6 Å². The largest absolute Gasteiger partial charge is 0.324 e. The summed E-state index contributed by atoms with van der Waals surface area (Å²) in [6.45, 7) is 2.02. The van der Waals surface area contributed by atoms with Crippen LogP contribution in [0.2, 0.25) is 0 Å². The van der Waals surface area contributed by atoms with Gasteiger partial charge in [0.15, 0.2) is 0 Å². The Labute approximate surface area is 112 Å². The molecule has 0 aromatic heterocycles. The van der Waals surface area contributed by atoms with Crippen LogP contribution in [0, 0.1) is 0 Å². The normalized spacial score (nSPS) is 16.4. The summed E-state index contributed by atoms with van der Waals surface area (Å²) < 4.78 is 11.1. The summed E-state index contributed by atoms with van der Waals surface area (Å²) in [6.07, 6.45) is 5.05. The molecule has 2 rings (SSSR count). The molecule has 1 aromatic carbocycles. The summed E-state index contributed by atoms with van der Waals surface area (Å²) in [5.41, 5.74) is 3.60. The molecule has 0 fully saturated rings. The maximum absolute atomic E-state index is 12.1. The first-order valence-corrected chi connectivity index (χ1v) is 6.91. The molecule has 1 aromatic rings. The van der Waals surface area contributed by atoms with Gasteiger partial charge in [0.2, 0.25) is 5.91 Å². The van der Waals surface area contributed by atoms with Gasteiger partial charge < -0.3 is 5.32 Å². The van der Waals surface area contributed by atoms with Crippen molar-refractivity contribution in [3.05, 3.63) is 29.3 Å². The second-order valence-corrected chi connectivity index (χ2v) is 4.98. The van der Waals surface area contributed by atoms with Crippen LogP contribution in [-0.4, -0.2) is 13.2 Å². The molecule has 1 N–H and O–H groups in total. The van der Waals surface area contributed by atoms with Gasteiger partial charge in [-0.25, -0.2) is 0 Å². The number of carbonyl (C=O) groups excluding carboxylic acids is 1. The number of nitrogens with one attached hydrogen (secondary N) is 1. The molecule has 0 bridgehead atoms. The van der Waals surface area contributed by atoms with Gasteiger partial charge in [0.1, 0.15) is 7.32 Å². The van der Waals surface area contributed by atoms with Crippen LogP contribution < -0.4 is 5.32 Å². The van der Waals surface area contributed by atoms with E-state index >= 15 is 0 Å². The fraction of sp³-hybridized carbons (Fsp3) is 0.500. The SMILES string of the molecule is [1H]P=NC(CCC)C(=O)Nc1ccc2c(c1)CCC2. The second-order valence-electron chi connectivity index (χ2n) is 4.75. The van der Waals surface area contributed by atoms with E-state index in [1.54, 1.807) is 0 Å². The Morgan fingerprint density at radius 3 is 3.17 bits per heavy atom. The van der Waals surface area contributed by atoms with Crippen molar-refractivity contribution >= 4 is 20.6 Å². The standard InChI is InChI=1S/C14H19N2OP/c1-2-4-13(16-18)14(17)15-12-8-7-10-5-3-6-11(10)9-12/h7-9,13,18H,2-6H2,1H3,(H,15,17)/i18H. The number of nitrogens with zero attached hydrogens (tertiary/aromatic N) is 1. The molecular weight excluding hydrogens is 243 g/mol. The van der Waals surface area contributed by atoms with Crippen LogP contribution in [0.3, 0.4) is 0 Å². The third-order valence-electron chi connectivity index (χ3n) is 3.37. The van der Waals surface area contributed by atoms with Crippen molar-refractivity contribution in [2.24, 2.45) is 4.74 Å². The second kappa shape index (κ2) is 6.10. The molecular formula is C14H19N2OP. The molecule has 1 amide bonds. The quantitative estimate of drug-likeness (QED) is 0.809. The van der Waals surface area contributed by atoms with Gasteiger partial charge in [-0.3, -0.25) is 9.54 Å². The number of rotatable bonds is 5. The predicted molar refractivity (Wildman–Crippen MR) is 76.5 cm³/mol. The number of aryl methyl sites for hydroxylation is 2. The van der Waals surface area contributed by atoms with Gasteiger partial charge in [-0.15, -0.1) is 0 Å². The van der Waals surface area contributed by atoms with Crippen LogP contribution in [0.4, 0.5) is 5.69 Å². The lowest BCUT2D eigenvalue weighted by Gasteiger charge is -2.12. The number of carbonyl (C=O) groups is 1. The molecule has 1 unspecified atom stereocenters. The summed E-state index contributed by atoms with van der Waals surface area (Å²) in [4.78, 5) is 12.1. The predicted octanol–water partition coefficient (Wildman–Crippen LogP) is 3.61. The number of hydrogen-bond donors (Lipinski definition) is 1. The van der Waals surface area contributed by atoms with Crippen molar-refractivity contribution in [2.75, 3.05) is 5.32 Å². The molecule has 0 aliphatic heterocycles. The molecule has 18 heavy (non-hydrogen) atoms. The van der Waals surface area contributed by atoms with Crippen LogP contribution >= 0.6 is 8.98 Å². The molecule has 0 heterocycles.